The van der Waals surface area contributed by atoms with Gasteiger partial charge in [-0.3, -0.25) is 8.80 Å². The van der Waals surface area contributed by atoms with Gasteiger partial charge in [0.25, 0.3) is 0 Å². The van der Waals surface area contributed by atoms with Gasteiger partial charge in [0.15, 0.2) is 0 Å². The number of benzene rings is 9. The molecule has 13 aromatic rings. The van der Waals surface area contributed by atoms with Crippen LogP contribution in [0.5, 0.6) is 0 Å². The minimum absolute atomic E-state index is 0.835. The highest BCUT2D eigenvalue weighted by atomic mass is 15.1. The van der Waals surface area contributed by atoms with Crippen LogP contribution in [-0.4, -0.2) is 28.7 Å². The fourth-order valence-electron chi connectivity index (χ4n) is 9.05. The summed E-state index contributed by atoms with van der Waals surface area (Å²) in [4.78, 5) is 21.1. The van der Waals surface area contributed by atoms with Crippen molar-refractivity contribution >= 4 is 76.7 Å². The Morgan fingerprint density at radius 2 is 0.633 bits per heavy atom. The van der Waals surface area contributed by atoms with E-state index in [0.717, 1.165) is 100 Å². The summed E-state index contributed by atoms with van der Waals surface area (Å²) < 4.78 is 4.42. The van der Waals surface area contributed by atoms with Crippen LogP contribution >= 0.6 is 0 Å². The Morgan fingerprint density at radius 1 is 0.267 bits per heavy atom. The highest BCUT2D eigenvalue weighted by molar-refractivity contribution is 6.03. The van der Waals surface area contributed by atoms with E-state index in [9.17, 15) is 0 Å². The van der Waals surface area contributed by atoms with Crippen molar-refractivity contribution in [2.24, 2.45) is 0 Å². The molecular weight excluding hydrogens is 733 g/mol. The first-order chi connectivity index (χ1) is 29.7. The molecule has 13 rings (SSSR count). The van der Waals surface area contributed by atoms with E-state index < -0.39 is 0 Å². The average molecular weight is 765 g/mol. The third kappa shape index (κ3) is 5.01. The molecule has 0 unspecified atom stereocenters. The number of aromatic nitrogens is 6. The molecule has 0 atom stereocenters. The molecule has 6 heteroatoms. The van der Waals surface area contributed by atoms with Crippen molar-refractivity contribution in [1.29, 1.82) is 0 Å². The predicted octanol–water partition coefficient (Wildman–Crippen LogP) is 13.4. The van der Waals surface area contributed by atoms with Crippen molar-refractivity contribution in [3.8, 4) is 45.0 Å². The number of hydrogen-bond acceptors (Lipinski definition) is 4. The largest absolute Gasteiger partial charge is 0.276 e. The molecule has 0 aliphatic carbocycles. The molecule has 278 valence electrons. The van der Waals surface area contributed by atoms with E-state index in [4.69, 9.17) is 19.9 Å². The zero-order valence-electron chi connectivity index (χ0n) is 32.2. The van der Waals surface area contributed by atoms with Gasteiger partial charge in [0.2, 0.25) is 0 Å². The minimum atomic E-state index is 0.835. The molecule has 4 aromatic heterocycles. The maximum atomic E-state index is 5.35. The second kappa shape index (κ2) is 12.6. The van der Waals surface area contributed by atoms with Crippen molar-refractivity contribution in [3.63, 3.8) is 0 Å². The summed E-state index contributed by atoms with van der Waals surface area (Å²) in [7, 11) is 0. The van der Waals surface area contributed by atoms with E-state index in [2.05, 4.69) is 191 Å². The van der Waals surface area contributed by atoms with Crippen molar-refractivity contribution in [1.82, 2.24) is 28.7 Å². The molecule has 0 spiro atoms. The Hall–Kier alpha value is -8.22. The highest BCUT2D eigenvalue weighted by Gasteiger charge is 2.19. The topological polar surface area (TPSA) is 60.4 Å². The molecule has 0 N–H and O–H groups in total. The fourth-order valence-corrected chi connectivity index (χ4v) is 9.05. The molecule has 4 heterocycles. The van der Waals surface area contributed by atoms with Crippen LogP contribution in [0, 0.1) is 0 Å². The first kappa shape index (κ1) is 32.8. The number of para-hydroxylation sites is 4. The van der Waals surface area contributed by atoms with E-state index in [0.29, 0.717) is 0 Å². The molecule has 0 aliphatic heterocycles. The van der Waals surface area contributed by atoms with Gasteiger partial charge in [0, 0.05) is 21.9 Å². The van der Waals surface area contributed by atoms with Crippen LogP contribution < -0.4 is 0 Å². The average Bonchev–Trinajstić information content (AvgIpc) is 3.91. The Labute approximate surface area is 343 Å². The summed E-state index contributed by atoms with van der Waals surface area (Å²) in [5.41, 5.74) is 14.0. The SMILES string of the molecule is c1ccc2cc(-c3ccc4nc(-c5ccc(-c6nc7ccc(-c8ccc9ccccc9c8)cc7c7nc8ccccc8n67)cc5)n5c6ccccc6nc5c4c3)ccc2c1. The van der Waals surface area contributed by atoms with Gasteiger partial charge in [-0.25, -0.2) is 19.9 Å². The summed E-state index contributed by atoms with van der Waals surface area (Å²) >= 11 is 0. The molecule has 0 amide bonds. The fraction of sp³-hybridized carbons (Fsp3) is 0. The maximum Gasteiger partial charge on any atom is 0.149 e. The lowest BCUT2D eigenvalue weighted by Crippen LogP contribution is -2.00. The summed E-state index contributed by atoms with van der Waals surface area (Å²) in [5.74, 6) is 1.67. The summed E-state index contributed by atoms with van der Waals surface area (Å²) in [5, 5.41) is 6.91. The number of hydrogen-bond donors (Lipinski definition) is 0. The Balaban J connectivity index is 0.959. The monoisotopic (exact) mass is 764 g/mol. The van der Waals surface area contributed by atoms with Gasteiger partial charge in [-0.1, -0.05) is 133 Å². The minimum Gasteiger partial charge on any atom is -0.276 e. The molecule has 0 saturated heterocycles. The quantitative estimate of drug-likeness (QED) is 0.179. The van der Waals surface area contributed by atoms with Crippen molar-refractivity contribution in [3.05, 3.63) is 194 Å². The molecule has 0 fully saturated rings. The number of imidazole rings is 2. The molecule has 0 bridgehead atoms. The van der Waals surface area contributed by atoms with Crippen molar-refractivity contribution in [2.45, 2.75) is 0 Å². The van der Waals surface area contributed by atoms with Crippen LogP contribution in [0.3, 0.4) is 0 Å². The zero-order valence-corrected chi connectivity index (χ0v) is 32.2. The summed E-state index contributed by atoms with van der Waals surface area (Å²) in [6.45, 7) is 0. The molecule has 60 heavy (non-hydrogen) atoms. The number of rotatable bonds is 4. The van der Waals surface area contributed by atoms with Crippen LogP contribution in [0.25, 0.3) is 122 Å². The highest BCUT2D eigenvalue weighted by Crippen LogP contribution is 2.36. The number of nitrogens with zero attached hydrogens (tertiary/aromatic N) is 6. The van der Waals surface area contributed by atoms with E-state index >= 15 is 0 Å². The van der Waals surface area contributed by atoms with Gasteiger partial charge < -0.3 is 0 Å². The smallest absolute Gasteiger partial charge is 0.149 e. The predicted molar refractivity (Wildman–Crippen MR) is 246 cm³/mol. The van der Waals surface area contributed by atoms with Crippen LogP contribution in [-0.2, 0) is 0 Å². The zero-order chi connectivity index (χ0) is 39.3. The molecule has 0 saturated carbocycles. The molecule has 6 nitrogen and oxygen atoms in total. The van der Waals surface area contributed by atoms with Crippen molar-refractivity contribution in [2.75, 3.05) is 0 Å². The molecular formula is C54H32N6. The van der Waals surface area contributed by atoms with Gasteiger partial charge in [0.1, 0.15) is 22.9 Å². The van der Waals surface area contributed by atoms with Gasteiger partial charge in [0.05, 0.1) is 33.1 Å². The lowest BCUT2D eigenvalue weighted by atomic mass is 10.00. The second-order valence-electron chi connectivity index (χ2n) is 15.6. The van der Waals surface area contributed by atoms with E-state index in [1.165, 1.54) is 21.5 Å². The first-order valence-electron chi connectivity index (χ1n) is 20.2. The third-order valence-corrected chi connectivity index (χ3v) is 12.0. The van der Waals surface area contributed by atoms with Crippen LogP contribution in [0.15, 0.2) is 194 Å². The normalized spacial score (nSPS) is 12.0. The summed E-state index contributed by atoms with van der Waals surface area (Å²) in [6.07, 6.45) is 0. The van der Waals surface area contributed by atoms with E-state index in [-0.39, 0.29) is 0 Å². The van der Waals surface area contributed by atoms with Crippen molar-refractivity contribution < 1.29 is 0 Å². The van der Waals surface area contributed by atoms with Crippen LogP contribution in [0.1, 0.15) is 0 Å². The van der Waals surface area contributed by atoms with Crippen LogP contribution in [0.2, 0.25) is 0 Å². The lowest BCUT2D eigenvalue weighted by Gasteiger charge is -2.13. The number of fused-ring (bicyclic) bond motifs is 12. The second-order valence-corrected chi connectivity index (χ2v) is 15.6. The van der Waals surface area contributed by atoms with Crippen LogP contribution in [0.4, 0.5) is 0 Å². The summed E-state index contributed by atoms with van der Waals surface area (Å²) in [6, 6.07) is 68.5. The van der Waals surface area contributed by atoms with E-state index in [1.54, 1.807) is 0 Å². The molecule has 9 aromatic carbocycles. The van der Waals surface area contributed by atoms with Gasteiger partial charge in [-0.15, -0.1) is 0 Å². The van der Waals surface area contributed by atoms with E-state index in [1.807, 2.05) is 12.1 Å². The van der Waals surface area contributed by atoms with Gasteiger partial charge in [-0.2, -0.15) is 0 Å². The Kier molecular flexibility index (Phi) is 6.91. The lowest BCUT2D eigenvalue weighted by molar-refractivity contribution is 1.15. The van der Waals surface area contributed by atoms with Gasteiger partial charge >= 0.3 is 0 Å². The molecule has 0 radical (unpaired) electrons. The molecule has 0 aliphatic rings. The Bertz CT molecular complexity index is 3640. The standard InChI is InChI=1S/C54H32N6/c1-3-11-37-29-39(23-17-33(37)9-1)41-25-27-45-43(31-41)53-57-47-13-5-7-15-49(47)59(53)51(55-45)35-19-21-36(22-20-35)52-56-46-28-26-42(40-24-18-34-10-2-4-12-38(34)30-40)32-44(46)54-58-48-14-6-8-16-50(48)60(52)54/h1-32H. The first-order valence-corrected chi connectivity index (χ1v) is 20.2. The third-order valence-electron chi connectivity index (χ3n) is 12.0. The maximum absolute atomic E-state index is 5.35. The Morgan fingerprint density at radius 3 is 1.10 bits per heavy atom. The van der Waals surface area contributed by atoms with Gasteiger partial charge in [-0.05, 0) is 104 Å².